The Labute approximate surface area is 119 Å². The highest BCUT2D eigenvalue weighted by Gasteiger charge is 2.34. The number of rotatable bonds is 4. The SMILES string of the molecule is O=C(c1ccc(O)cc1)N(CC1CCNCC1)C1CC1. The minimum atomic E-state index is 0.117. The van der Waals surface area contributed by atoms with Gasteiger partial charge in [-0.15, -0.1) is 0 Å². The lowest BCUT2D eigenvalue weighted by Gasteiger charge is -2.30. The van der Waals surface area contributed by atoms with Crippen LogP contribution in [0.5, 0.6) is 5.75 Å². The molecule has 20 heavy (non-hydrogen) atoms. The zero-order valence-electron chi connectivity index (χ0n) is 11.7. The quantitative estimate of drug-likeness (QED) is 0.883. The summed E-state index contributed by atoms with van der Waals surface area (Å²) in [4.78, 5) is 14.7. The Hall–Kier alpha value is -1.55. The van der Waals surface area contributed by atoms with Crippen LogP contribution in [0.25, 0.3) is 0 Å². The molecule has 0 atom stereocenters. The topological polar surface area (TPSA) is 52.6 Å². The molecule has 0 radical (unpaired) electrons. The monoisotopic (exact) mass is 274 g/mol. The third kappa shape index (κ3) is 3.12. The Morgan fingerprint density at radius 2 is 1.80 bits per heavy atom. The largest absolute Gasteiger partial charge is 0.508 e. The van der Waals surface area contributed by atoms with Crippen LogP contribution in [0, 0.1) is 5.92 Å². The number of phenols is 1. The second kappa shape index (κ2) is 5.83. The minimum absolute atomic E-state index is 0.117. The molecule has 1 aliphatic carbocycles. The first-order chi connectivity index (χ1) is 9.74. The van der Waals surface area contributed by atoms with E-state index >= 15 is 0 Å². The smallest absolute Gasteiger partial charge is 0.254 e. The van der Waals surface area contributed by atoms with Crippen LogP contribution < -0.4 is 5.32 Å². The van der Waals surface area contributed by atoms with E-state index in [4.69, 9.17) is 0 Å². The van der Waals surface area contributed by atoms with Crippen LogP contribution >= 0.6 is 0 Å². The van der Waals surface area contributed by atoms with E-state index in [0.717, 1.165) is 45.3 Å². The molecule has 0 bridgehead atoms. The van der Waals surface area contributed by atoms with Crippen molar-refractivity contribution in [2.24, 2.45) is 5.92 Å². The maximum atomic E-state index is 12.6. The van der Waals surface area contributed by atoms with Gasteiger partial charge in [0, 0.05) is 18.2 Å². The second-order valence-corrected chi connectivity index (χ2v) is 5.93. The van der Waals surface area contributed by atoms with Gasteiger partial charge in [0.1, 0.15) is 5.75 Å². The van der Waals surface area contributed by atoms with Gasteiger partial charge in [-0.25, -0.2) is 0 Å². The average molecular weight is 274 g/mol. The van der Waals surface area contributed by atoms with Crippen LogP contribution in [-0.4, -0.2) is 41.6 Å². The van der Waals surface area contributed by atoms with Crippen molar-refractivity contribution in [2.45, 2.75) is 31.7 Å². The molecular formula is C16H22N2O2. The number of hydrogen-bond acceptors (Lipinski definition) is 3. The number of piperidine rings is 1. The molecule has 1 saturated heterocycles. The molecule has 1 heterocycles. The Kier molecular flexibility index (Phi) is 3.92. The number of benzene rings is 1. The minimum Gasteiger partial charge on any atom is -0.508 e. The lowest BCUT2D eigenvalue weighted by atomic mass is 9.97. The summed E-state index contributed by atoms with van der Waals surface area (Å²) >= 11 is 0. The van der Waals surface area contributed by atoms with E-state index < -0.39 is 0 Å². The van der Waals surface area contributed by atoms with E-state index in [2.05, 4.69) is 10.2 Å². The summed E-state index contributed by atoms with van der Waals surface area (Å²) in [6, 6.07) is 7.04. The summed E-state index contributed by atoms with van der Waals surface area (Å²) in [6.07, 6.45) is 4.59. The van der Waals surface area contributed by atoms with Crippen LogP contribution in [0.4, 0.5) is 0 Å². The van der Waals surface area contributed by atoms with Crippen LogP contribution in [0.1, 0.15) is 36.0 Å². The molecule has 2 N–H and O–H groups in total. The summed E-state index contributed by atoms with van der Waals surface area (Å²) in [6.45, 7) is 3.01. The maximum Gasteiger partial charge on any atom is 0.254 e. The van der Waals surface area contributed by atoms with Gasteiger partial charge < -0.3 is 15.3 Å². The van der Waals surface area contributed by atoms with Crippen molar-refractivity contribution in [1.29, 1.82) is 0 Å². The third-order valence-corrected chi connectivity index (χ3v) is 4.28. The predicted molar refractivity (Wildman–Crippen MR) is 77.8 cm³/mol. The molecule has 1 aliphatic heterocycles. The first-order valence-corrected chi connectivity index (χ1v) is 7.55. The normalized spacial score (nSPS) is 19.8. The number of carbonyl (C=O) groups is 1. The number of nitrogens with one attached hydrogen (secondary N) is 1. The molecule has 1 saturated carbocycles. The van der Waals surface area contributed by atoms with Gasteiger partial charge in [-0.05, 0) is 69.0 Å². The number of aromatic hydroxyl groups is 1. The molecule has 0 aromatic heterocycles. The lowest BCUT2D eigenvalue weighted by molar-refractivity contribution is 0.0701. The molecule has 1 amide bonds. The standard InChI is InChI=1S/C16H22N2O2/c19-15-5-1-13(2-6-15)16(20)18(14-3-4-14)11-12-7-9-17-10-8-12/h1-2,5-6,12,14,17,19H,3-4,7-11H2. The Morgan fingerprint density at radius 3 is 2.40 bits per heavy atom. The third-order valence-electron chi connectivity index (χ3n) is 4.28. The fourth-order valence-corrected chi connectivity index (χ4v) is 2.90. The summed E-state index contributed by atoms with van der Waals surface area (Å²) in [5.41, 5.74) is 0.684. The number of carbonyl (C=O) groups excluding carboxylic acids is 1. The van der Waals surface area contributed by atoms with Gasteiger partial charge in [0.15, 0.2) is 0 Å². The lowest BCUT2D eigenvalue weighted by Crippen LogP contribution is -2.40. The van der Waals surface area contributed by atoms with Crippen LogP contribution in [0.3, 0.4) is 0 Å². The number of phenolic OH excluding ortho intramolecular Hbond substituents is 1. The van der Waals surface area contributed by atoms with Crippen molar-refractivity contribution in [2.75, 3.05) is 19.6 Å². The van der Waals surface area contributed by atoms with E-state index in [-0.39, 0.29) is 11.7 Å². The maximum absolute atomic E-state index is 12.6. The van der Waals surface area contributed by atoms with Gasteiger partial charge in [0.25, 0.3) is 5.91 Å². The average Bonchev–Trinajstić information content (AvgIpc) is 3.30. The molecule has 0 unspecified atom stereocenters. The molecule has 3 rings (SSSR count). The predicted octanol–water partition coefficient (Wildman–Crippen LogP) is 2.00. The molecule has 2 aliphatic rings. The van der Waals surface area contributed by atoms with Gasteiger partial charge in [0.05, 0.1) is 0 Å². The fourth-order valence-electron chi connectivity index (χ4n) is 2.90. The van der Waals surface area contributed by atoms with Crippen molar-refractivity contribution in [1.82, 2.24) is 10.2 Å². The molecule has 4 heteroatoms. The first kappa shape index (κ1) is 13.4. The molecule has 2 fully saturated rings. The second-order valence-electron chi connectivity index (χ2n) is 5.93. The summed E-state index contributed by atoms with van der Waals surface area (Å²) < 4.78 is 0. The van der Waals surface area contributed by atoms with Crippen LogP contribution in [0.2, 0.25) is 0 Å². The first-order valence-electron chi connectivity index (χ1n) is 7.55. The van der Waals surface area contributed by atoms with E-state index in [0.29, 0.717) is 17.5 Å². The molecule has 4 nitrogen and oxygen atoms in total. The van der Waals surface area contributed by atoms with Crippen molar-refractivity contribution < 1.29 is 9.90 Å². The zero-order chi connectivity index (χ0) is 13.9. The van der Waals surface area contributed by atoms with Crippen molar-refractivity contribution in [3.05, 3.63) is 29.8 Å². The van der Waals surface area contributed by atoms with Gasteiger partial charge >= 0.3 is 0 Å². The Balaban J connectivity index is 1.69. The van der Waals surface area contributed by atoms with Gasteiger partial charge in [-0.1, -0.05) is 0 Å². The Morgan fingerprint density at radius 1 is 1.15 bits per heavy atom. The molecule has 0 spiro atoms. The number of nitrogens with zero attached hydrogens (tertiary/aromatic N) is 1. The van der Waals surface area contributed by atoms with E-state index in [9.17, 15) is 9.90 Å². The van der Waals surface area contributed by atoms with E-state index in [1.54, 1.807) is 24.3 Å². The van der Waals surface area contributed by atoms with Gasteiger partial charge in [-0.3, -0.25) is 4.79 Å². The van der Waals surface area contributed by atoms with Crippen LogP contribution in [0.15, 0.2) is 24.3 Å². The highest BCUT2D eigenvalue weighted by atomic mass is 16.3. The zero-order valence-corrected chi connectivity index (χ0v) is 11.7. The van der Waals surface area contributed by atoms with Gasteiger partial charge in [0.2, 0.25) is 0 Å². The number of amides is 1. The van der Waals surface area contributed by atoms with Crippen molar-refractivity contribution in [3.63, 3.8) is 0 Å². The Bertz CT molecular complexity index is 462. The summed E-state index contributed by atoms with van der Waals surface area (Å²) in [5.74, 6) is 0.946. The highest BCUT2D eigenvalue weighted by Crippen LogP contribution is 2.30. The molecule has 108 valence electrons. The summed E-state index contributed by atoms with van der Waals surface area (Å²) in [5, 5.41) is 12.7. The van der Waals surface area contributed by atoms with Gasteiger partial charge in [-0.2, -0.15) is 0 Å². The van der Waals surface area contributed by atoms with E-state index in [1.807, 2.05) is 0 Å². The summed E-state index contributed by atoms with van der Waals surface area (Å²) in [7, 11) is 0. The van der Waals surface area contributed by atoms with Crippen molar-refractivity contribution >= 4 is 5.91 Å². The van der Waals surface area contributed by atoms with Crippen molar-refractivity contribution in [3.8, 4) is 5.75 Å². The van der Waals surface area contributed by atoms with E-state index in [1.165, 1.54) is 0 Å². The number of hydrogen-bond donors (Lipinski definition) is 2. The molecular weight excluding hydrogens is 252 g/mol. The fraction of sp³-hybridized carbons (Fsp3) is 0.562. The van der Waals surface area contributed by atoms with Crippen LogP contribution in [-0.2, 0) is 0 Å². The molecule has 1 aromatic carbocycles. The molecule has 1 aromatic rings. The highest BCUT2D eigenvalue weighted by molar-refractivity contribution is 5.94.